The average molecular weight is 418 g/mol. The van der Waals surface area contributed by atoms with Crippen molar-refractivity contribution in [3.63, 3.8) is 0 Å². The lowest BCUT2D eigenvalue weighted by Gasteiger charge is -2.27. The van der Waals surface area contributed by atoms with Gasteiger partial charge in [0.2, 0.25) is 0 Å². The molecule has 1 aromatic carbocycles. The van der Waals surface area contributed by atoms with E-state index in [1.54, 1.807) is 24.0 Å². The number of aryl methyl sites for hydroxylation is 1. The number of benzene rings is 1. The number of amides is 1. The topological polar surface area (TPSA) is 60.2 Å². The maximum atomic E-state index is 14.8. The van der Waals surface area contributed by atoms with Crippen molar-refractivity contribution in [1.82, 2.24) is 19.4 Å². The SMILES string of the molecule is CCn1c(C(C)(F)F)nc2c(-c3ccc(C(=O)N4CCOCC4)c(F)c3)nccc21. The molecule has 2 aromatic heterocycles. The highest BCUT2D eigenvalue weighted by Gasteiger charge is 2.32. The highest BCUT2D eigenvalue weighted by Crippen LogP contribution is 2.33. The minimum atomic E-state index is -3.13. The number of alkyl halides is 2. The number of carbonyl (C=O) groups is 1. The van der Waals surface area contributed by atoms with Gasteiger partial charge in [-0.3, -0.25) is 9.78 Å². The van der Waals surface area contributed by atoms with E-state index in [1.165, 1.54) is 22.9 Å². The Morgan fingerprint density at radius 3 is 2.60 bits per heavy atom. The van der Waals surface area contributed by atoms with Crippen molar-refractivity contribution in [3.05, 3.63) is 47.7 Å². The van der Waals surface area contributed by atoms with Crippen LogP contribution in [0.25, 0.3) is 22.3 Å². The largest absolute Gasteiger partial charge is 0.378 e. The maximum absolute atomic E-state index is 14.8. The second-order valence-corrected chi connectivity index (χ2v) is 7.19. The standard InChI is InChI=1S/C21H21F3N4O2/c1-3-28-16-6-7-25-17(18(16)26-20(28)21(2,23)24)13-4-5-14(15(22)12-13)19(29)27-8-10-30-11-9-27/h4-7,12H,3,8-11H2,1-2H3. The van der Waals surface area contributed by atoms with Gasteiger partial charge < -0.3 is 14.2 Å². The molecular weight excluding hydrogens is 397 g/mol. The van der Waals surface area contributed by atoms with Crippen molar-refractivity contribution in [2.45, 2.75) is 26.3 Å². The molecule has 9 heteroatoms. The van der Waals surface area contributed by atoms with E-state index in [0.29, 0.717) is 43.9 Å². The second-order valence-electron chi connectivity index (χ2n) is 7.19. The van der Waals surface area contributed by atoms with Gasteiger partial charge in [0.05, 0.1) is 30.0 Å². The Hall–Kier alpha value is -2.94. The number of morpholine rings is 1. The molecule has 1 saturated heterocycles. The van der Waals surface area contributed by atoms with Gasteiger partial charge >= 0.3 is 5.92 Å². The summed E-state index contributed by atoms with van der Waals surface area (Å²) in [4.78, 5) is 22.5. The second kappa shape index (κ2) is 7.71. The van der Waals surface area contributed by atoms with E-state index in [4.69, 9.17) is 4.74 Å². The number of aromatic nitrogens is 3. The molecule has 3 aromatic rings. The van der Waals surface area contributed by atoms with Crippen LogP contribution < -0.4 is 0 Å². The number of imidazole rings is 1. The normalized spacial score (nSPS) is 15.0. The lowest BCUT2D eigenvalue weighted by atomic mass is 10.1. The highest BCUT2D eigenvalue weighted by atomic mass is 19.3. The Kier molecular flexibility index (Phi) is 5.23. The number of pyridine rings is 1. The zero-order valence-corrected chi connectivity index (χ0v) is 16.7. The predicted octanol–water partition coefficient (Wildman–Crippen LogP) is 3.84. The maximum Gasteiger partial charge on any atom is 0.302 e. The molecule has 0 unspecified atom stereocenters. The zero-order chi connectivity index (χ0) is 21.5. The molecule has 0 spiro atoms. The summed E-state index contributed by atoms with van der Waals surface area (Å²) >= 11 is 0. The predicted molar refractivity (Wildman–Crippen MR) is 105 cm³/mol. The van der Waals surface area contributed by atoms with E-state index in [2.05, 4.69) is 9.97 Å². The smallest absolute Gasteiger partial charge is 0.302 e. The molecule has 1 aliphatic heterocycles. The first kappa shape index (κ1) is 20.3. The quantitative estimate of drug-likeness (QED) is 0.646. The van der Waals surface area contributed by atoms with Gasteiger partial charge in [-0.2, -0.15) is 8.78 Å². The van der Waals surface area contributed by atoms with E-state index < -0.39 is 17.6 Å². The Morgan fingerprint density at radius 2 is 1.97 bits per heavy atom. The van der Waals surface area contributed by atoms with Crippen LogP contribution in [0.3, 0.4) is 0 Å². The molecule has 0 saturated carbocycles. The number of hydrogen-bond acceptors (Lipinski definition) is 4. The fourth-order valence-electron chi connectivity index (χ4n) is 3.69. The van der Waals surface area contributed by atoms with Gasteiger partial charge in [0.15, 0.2) is 5.82 Å². The third-order valence-electron chi connectivity index (χ3n) is 5.15. The Morgan fingerprint density at radius 1 is 1.23 bits per heavy atom. The zero-order valence-electron chi connectivity index (χ0n) is 16.7. The van der Waals surface area contributed by atoms with Gasteiger partial charge in [0, 0.05) is 38.3 Å². The summed E-state index contributed by atoms with van der Waals surface area (Å²) < 4.78 is 49.6. The number of nitrogens with zero attached hydrogens (tertiary/aromatic N) is 4. The van der Waals surface area contributed by atoms with Crippen molar-refractivity contribution in [3.8, 4) is 11.3 Å². The van der Waals surface area contributed by atoms with Gasteiger partial charge in [-0.05, 0) is 25.1 Å². The number of rotatable bonds is 4. The van der Waals surface area contributed by atoms with Gasteiger partial charge in [-0.25, -0.2) is 9.37 Å². The van der Waals surface area contributed by atoms with Crippen LogP contribution in [0.4, 0.5) is 13.2 Å². The summed E-state index contributed by atoms with van der Waals surface area (Å²) in [5, 5.41) is 0. The molecule has 30 heavy (non-hydrogen) atoms. The van der Waals surface area contributed by atoms with Crippen LogP contribution in [0.2, 0.25) is 0 Å². The molecule has 158 valence electrons. The molecule has 0 atom stereocenters. The lowest BCUT2D eigenvalue weighted by molar-refractivity contribution is 0.00473. The number of carbonyl (C=O) groups excluding carboxylic acids is 1. The number of ether oxygens (including phenoxy) is 1. The highest BCUT2D eigenvalue weighted by molar-refractivity contribution is 5.96. The molecule has 0 bridgehead atoms. The molecule has 0 aliphatic carbocycles. The molecule has 6 nitrogen and oxygen atoms in total. The first-order chi connectivity index (χ1) is 14.3. The van der Waals surface area contributed by atoms with Crippen LogP contribution >= 0.6 is 0 Å². The molecule has 1 aliphatic rings. The summed E-state index contributed by atoms with van der Waals surface area (Å²) in [6, 6.07) is 5.77. The minimum Gasteiger partial charge on any atom is -0.378 e. The van der Waals surface area contributed by atoms with Crippen LogP contribution in [0.1, 0.15) is 30.0 Å². The van der Waals surface area contributed by atoms with Gasteiger partial charge in [0.25, 0.3) is 5.91 Å². The van der Waals surface area contributed by atoms with Crippen molar-refractivity contribution < 1.29 is 22.7 Å². The van der Waals surface area contributed by atoms with Crippen LogP contribution in [-0.2, 0) is 17.2 Å². The van der Waals surface area contributed by atoms with E-state index in [-0.39, 0.29) is 22.6 Å². The molecular formula is C21H21F3N4O2. The Balaban J connectivity index is 1.76. The van der Waals surface area contributed by atoms with Gasteiger partial charge in [0.1, 0.15) is 11.3 Å². The van der Waals surface area contributed by atoms with Crippen LogP contribution in [-0.4, -0.2) is 51.6 Å². The number of hydrogen-bond donors (Lipinski definition) is 0. The molecule has 1 fully saturated rings. The van der Waals surface area contributed by atoms with E-state index >= 15 is 0 Å². The minimum absolute atomic E-state index is 0.0484. The molecule has 1 amide bonds. The summed E-state index contributed by atoms with van der Waals surface area (Å²) in [5.41, 5.74) is 1.36. The lowest BCUT2D eigenvalue weighted by Crippen LogP contribution is -2.41. The molecule has 4 rings (SSSR count). The van der Waals surface area contributed by atoms with E-state index in [0.717, 1.165) is 6.92 Å². The summed E-state index contributed by atoms with van der Waals surface area (Å²) in [5.74, 6) is -4.60. The Labute approximate surface area is 171 Å². The number of halogens is 3. The van der Waals surface area contributed by atoms with Crippen molar-refractivity contribution >= 4 is 16.9 Å². The van der Waals surface area contributed by atoms with Crippen LogP contribution in [0.5, 0.6) is 0 Å². The third-order valence-corrected chi connectivity index (χ3v) is 5.15. The molecule has 0 N–H and O–H groups in total. The fourth-order valence-corrected chi connectivity index (χ4v) is 3.69. The first-order valence-corrected chi connectivity index (χ1v) is 9.71. The van der Waals surface area contributed by atoms with E-state index in [9.17, 15) is 18.0 Å². The first-order valence-electron chi connectivity index (χ1n) is 9.71. The fraction of sp³-hybridized carbons (Fsp3) is 0.381. The van der Waals surface area contributed by atoms with Gasteiger partial charge in [-0.15, -0.1) is 0 Å². The van der Waals surface area contributed by atoms with Crippen LogP contribution in [0, 0.1) is 5.82 Å². The van der Waals surface area contributed by atoms with Crippen molar-refractivity contribution in [1.29, 1.82) is 0 Å². The van der Waals surface area contributed by atoms with Crippen molar-refractivity contribution in [2.24, 2.45) is 0 Å². The van der Waals surface area contributed by atoms with Crippen LogP contribution in [0.15, 0.2) is 30.5 Å². The average Bonchev–Trinajstić information content (AvgIpc) is 3.13. The van der Waals surface area contributed by atoms with Gasteiger partial charge in [-0.1, -0.05) is 6.07 Å². The summed E-state index contributed by atoms with van der Waals surface area (Å²) in [6.45, 7) is 4.50. The Bertz CT molecular complexity index is 1100. The molecule has 0 radical (unpaired) electrons. The summed E-state index contributed by atoms with van der Waals surface area (Å²) in [6.07, 6.45) is 1.48. The van der Waals surface area contributed by atoms with Crippen molar-refractivity contribution in [2.75, 3.05) is 26.3 Å². The monoisotopic (exact) mass is 418 g/mol. The number of fused-ring (bicyclic) bond motifs is 1. The molecule has 3 heterocycles. The summed E-state index contributed by atoms with van der Waals surface area (Å²) in [7, 11) is 0. The van der Waals surface area contributed by atoms with E-state index in [1.807, 2.05) is 0 Å². The third kappa shape index (κ3) is 3.54.